The second kappa shape index (κ2) is 7.27. The van der Waals surface area contributed by atoms with Gasteiger partial charge in [0.05, 0.1) is 0 Å². The van der Waals surface area contributed by atoms with Crippen molar-refractivity contribution in [1.82, 2.24) is 4.90 Å². The molecule has 0 atom stereocenters. The Hall–Kier alpha value is -2.34. The lowest BCUT2D eigenvalue weighted by atomic mass is 10.1. The fraction of sp³-hybridized carbons (Fsp3) is 0.278. The highest BCUT2D eigenvalue weighted by Crippen LogP contribution is 2.27. The van der Waals surface area contributed by atoms with Crippen molar-refractivity contribution >= 4 is 28.9 Å². The van der Waals surface area contributed by atoms with Crippen LogP contribution in [-0.2, 0) is 5.88 Å². The molecule has 2 N–H and O–H groups in total. The van der Waals surface area contributed by atoms with Gasteiger partial charge in [0.2, 0.25) is 0 Å². The normalized spacial score (nSPS) is 14.7. The molecular weight excluding hydrogens is 348 g/mol. The second-order valence-corrected chi connectivity index (χ2v) is 6.21. The van der Waals surface area contributed by atoms with E-state index in [2.05, 4.69) is 0 Å². The number of benzene rings is 2. The van der Waals surface area contributed by atoms with E-state index in [1.54, 1.807) is 28.0 Å². The van der Waals surface area contributed by atoms with E-state index in [9.17, 15) is 13.6 Å². The lowest BCUT2D eigenvalue weighted by molar-refractivity contribution is 0.0746. The topological polar surface area (TPSA) is 49.6 Å². The Labute approximate surface area is 149 Å². The molecule has 4 nitrogen and oxygen atoms in total. The third-order valence-electron chi connectivity index (χ3n) is 4.25. The van der Waals surface area contributed by atoms with Gasteiger partial charge in [-0.2, -0.15) is 0 Å². The number of piperazine rings is 1. The summed E-state index contributed by atoms with van der Waals surface area (Å²) in [5.74, 6) is -1.14. The zero-order chi connectivity index (χ0) is 18.0. The molecule has 0 saturated carbocycles. The Morgan fingerprint density at radius 3 is 2.32 bits per heavy atom. The van der Waals surface area contributed by atoms with Crippen LogP contribution in [0.5, 0.6) is 0 Å². The maximum Gasteiger partial charge on any atom is 0.253 e. The molecule has 132 valence electrons. The molecule has 0 radical (unpaired) electrons. The van der Waals surface area contributed by atoms with Crippen LogP contribution in [0.2, 0.25) is 0 Å². The van der Waals surface area contributed by atoms with E-state index >= 15 is 0 Å². The average molecular weight is 366 g/mol. The van der Waals surface area contributed by atoms with Crippen molar-refractivity contribution in [3.05, 3.63) is 59.2 Å². The lowest BCUT2D eigenvalue weighted by Crippen LogP contribution is -2.49. The first-order chi connectivity index (χ1) is 12.0. The largest absolute Gasteiger partial charge is 0.399 e. The molecule has 25 heavy (non-hydrogen) atoms. The summed E-state index contributed by atoms with van der Waals surface area (Å²) in [6.45, 7) is 1.46. The molecule has 7 heteroatoms. The fourth-order valence-corrected chi connectivity index (χ4v) is 3.16. The highest BCUT2D eigenvalue weighted by Gasteiger charge is 2.25. The molecule has 1 fully saturated rings. The third-order valence-corrected chi connectivity index (χ3v) is 4.56. The van der Waals surface area contributed by atoms with Gasteiger partial charge in [-0.1, -0.05) is 12.1 Å². The number of carbonyl (C=O) groups excluding carboxylic acids is 1. The first-order valence-corrected chi connectivity index (χ1v) is 8.46. The van der Waals surface area contributed by atoms with Gasteiger partial charge in [-0.3, -0.25) is 4.79 Å². The summed E-state index contributed by atoms with van der Waals surface area (Å²) in [6, 6.07) is 9.36. The molecule has 2 aromatic rings. The molecule has 0 spiro atoms. The van der Waals surface area contributed by atoms with Crippen LogP contribution in [0.15, 0.2) is 36.4 Å². The van der Waals surface area contributed by atoms with Crippen molar-refractivity contribution in [3.63, 3.8) is 0 Å². The molecule has 0 bridgehead atoms. The van der Waals surface area contributed by atoms with Gasteiger partial charge in [-0.05, 0) is 29.8 Å². The Morgan fingerprint density at radius 2 is 1.72 bits per heavy atom. The summed E-state index contributed by atoms with van der Waals surface area (Å²) in [6.07, 6.45) is 0. The van der Waals surface area contributed by atoms with Crippen LogP contribution >= 0.6 is 11.6 Å². The van der Waals surface area contributed by atoms with Crippen molar-refractivity contribution in [3.8, 4) is 0 Å². The second-order valence-electron chi connectivity index (χ2n) is 5.95. The van der Waals surface area contributed by atoms with E-state index in [1.165, 1.54) is 0 Å². The number of rotatable bonds is 3. The van der Waals surface area contributed by atoms with Crippen molar-refractivity contribution in [2.75, 3.05) is 36.8 Å². The summed E-state index contributed by atoms with van der Waals surface area (Å²) >= 11 is 5.81. The van der Waals surface area contributed by atoms with Crippen LogP contribution in [0.4, 0.5) is 20.2 Å². The summed E-state index contributed by atoms with van der Waals surface area (Å²) in [7, 11) is 0. The molecular formula is C18H18ClF2N3O. The van der Waals surface area contributed by atoms with Gasteiger partial charge in [-0.25, -0.2) is 8.78 Å². The molecule has 1 saturated heterocycles. The summed E-state index contributed by atoms with van der Waals surface area (Å²) < 4.78 is 28.1. The van der Waals surface area contributed by atoms with Crippen LogP contribution in [0.25, 0.3) is 0 Å². The Bertz CT molecular complexity index is 769. The maximum absolute atomic E-state index is 14.0. The monoisotopic (exact) mass is 365 g/mol. The smallest absolute Gasteiger partial charge is 0.253 e. The van der Waals surface area contributed by atoms with E-state index in [0.717, 1.165) is 17.7 Å². The molecule has 2 aromatic carbocycles. The molecule has 0 aromatic heterocycles. The number of halogens is 3. The van der Waals surface area contributed by atoms with Crippen LogP contribution in [0, 0.1) is 11.6 Å². The predicted molar refractivity (Wildman–Crippen MR) is 94.9 cm³/mol. The van der Waals surface area contributed by atoms with Gasteiger partial charge >= 0.3 is 0 Å². The van der Waals surface area contributed by atoms with Crippen LogP contribution in [0.3, 0.4) is 0 Å². The van der Waals surface area contributed by atoms with Gasteiger partial charge in [-0.15, -0.1) is 11.6 Å². The summed E-state index contributed by atoms with van der Waals surface area (Å²) in [5, 5.41) is 0. The average Bonchev–Trinajstić information content (AvgIpc) is 2.61. The Balaban J connectivity index is 1.70. The third kappa shape index (κ3) is 3.69. The zero-order valence-corrected chi connectivity index (χ0v) is 14.3. The standard InChI is InChI=1S/C18H18ClF2N3O/c19-11-12-2-1-3-13(8-12)18(25)24-6-4-23(5-7-24)17-15(20)9-14(22)10-16(17)21/h1-3,8-10H,4-7,11,22H2. The highest BCUT2D eigenvalue weighted by molar-refractivity contribution is 6.17. The van der Waals surface area contributed by atoms with Gasteiger partial charge in [0.15, 0.2) is 11.6 Å². The van der Waals surface area contributed by atoms with Crippen molar-refractivity contribution in [1.29, 1.82) is 0 Å². The Morgan fingerprint density at radius 1 is 1.08 bits per heavy atom. The number of nitrogen functional groups attached to an aromatic ring is 1. The molecule has 0 unspecified atom stereocenters. The quantitative estimate of drug-likeness (QED) is 0.671. The van der Waals surface area contributed by atoms with Crippen LogP contribution < -0.4 is 10.6 Å². The van der Waals surface area contributed by atoms with Crippen molar-refractivity contribution in [2.24, 2.45) is 0 Å². The minimum absolute atomic E-state index is 0.0479. The maximum atomic E-state index is 14.0. The zero-order valence-electron chi connectivity index (χ0n) is 13.5. The summed E-state index contributed by atoms with van der Waals surface area (Å²) in [5.41, 5.74) is 6.84. The molecule has 1 amide bonds. The number of hydrogen-bond acceptors (Lipinski definition) is 3. The van der Waals surface area contributed by atoms with Gasteiger partial charge in [0.25, 0.3) is 5.91 Å². The SMILES string of the molecule is Nc1cc(F)c(N2CCN(C(=O)c3cccc(CCl)c3)CC2)c(F)c1. The number of carbonyl (C=O) groups is 1. The number of anilines is 2. The number of nitrogens with two attached hydrogens (primary N) is 1. The number of amides is 1. The van der Waals surface area contributed by atoms with Gasteiger partial charge < -0.3 is 15.5 Å². The Kier molecular flexibility index (Phi) is 5.08. The number of hydrogen-bond donors (Lipinski definition) is 1. The molecule has 3 rings (SSSR count). The van der Waals surface area contributed by atoms with Crippen LogP contribution in [0.1, 0.15) is 15.9 Å². The lowest BCUT2D eigenvalue weighted by Gasteiger charge is -2.36. The molecule has 0 aliphatic carbocycles. The first-order valence-electron chi connectivity index (χ1n) is 7.93. The molecule has 1 aliphatic rings. The number of alkyl halides is 1. The van der Waals surface area contributed by atoms with Crippen molar-refractivity contribution < 1.29 is 13.6 Å². The minimum Gasteiger partial charge on any atom is -0.399 e. The van der Waals surface area contributed by atoms with Crippen LogP contribution in [-0.4, -0.2) is 37.0 Å². The van der Waals surface area contributed by atoms with Crippen molar-refractivity contribution in [2.45, 2.75) is 5.88 Å². The van der Waals surface area contributed by atoms with E-state index in [-0.39, 0.29) is 17.3 Å². The summed E-state index contributed by atoms with van der Waals surface area (Å²) in [4.78, 5) is 15.9. The van der Waals surface area contributed by atoms with E-state index in [4.69, 9.17) is 17.3 Å². The minimum atomic E-state index is -0.688. The predicted octanol–water partition coefficient (Wildman–Crippen LogP) is 3.25. The molecule has 1 heterocycles. The van der Waals surface area contributed by atoms with Gasteiger partial charge in [0, 0.05) is 43.3 Å². The highest BCUT2D eigenvalue weighted by atomic mass is 35.5. The number of nitrogens with zero attached hydrogens (tertiary/aromatic N) is 2. The van der Waals surface area contributed by atoms with E-state index < -0.39 is 11.6 Å². The first kappa shape index (κ1) is 17.5. The van der Waals surface area contributed by atoms with E-state index in [0.29, 0.717) is 37.6 Å². The van der Waals surface area contributed by atoms with Gasteiger partial charge in [0.1, 0.15) is 5.69 Å². The van der Waals surface area contributed by atoms with E-state index in [1.807, 2.05) is 6.07 Å². The molecule has 1 aliphatic heterocycles. The fourth-order valence-electron chi connectivity index (χ4n) is 2.99.